The molecule has 2 aromatic rings. The molecule has 0 heterocycles. The fourth-order valence-corrected chi connectivity index (χ4v) is 2.53. The Labute approximate surface area is 157 Å². The van der Waals surface area contributed by atoms with E-state index in [1.165, 1.54) is 32.1 Å². The molecule has 0 fully saturated rings. The zero-order valence-corrected chi connectivity index (χ0v) is 15.6. The Morgan fingerprint density at radius 1 is 1.07 bits per heavy atom. The van der Waals surface area contributed by atoms with Crippen molar-refractivity contribution in [3.05, 3.63) is 59.4 Å². The van der Waals surface area contributed by atoms with E-state index in [9.17, 15) is 14.0 Å². The van der Waals surface area contributed by atoms with Gasteiger partial charge in [0.25, 0.3) is 5.91 Å². The Kier molecular flexibility index (Phi) is 7.16. The van der Waals surface area contributed by atoms with E-state index in [0.717, 1.165) is 0 Å². The number of hydrogen-bond donors (Lipinski definition) is 1. The van der Waals surface area contributed by atoms with Gasteiger partial charge in [0.1, 0.15) is 17.3 Å². The maximum Gasteiger partial charge on any atom is 0.251 e. The Hall–Kier alpha value is -3.09. The minimum atomic E-state index is -0.365. The van der Waals surface area contributed by atoms with Gasteiger partial charge < -0.3 is 19.7 Å². The first-order valence-corrected chi connectivity index (χ1v) is 8.44. The van der Waals surface area contributed by atoms with Gasteiger partial charge in [-0.2, -0.15) is 0 Å². The van der Waals surface area contributed by atoms with Crippen molar-refractivity contribution in [2.24, 2.45) is 0 Å². The number of hydrogen-bond acceptors (Lipinski definition) is 4. The molecule has 0 aliphatic rings. The lowest BCUT2D eigenvalue weighted by Gasteiger charge is -2.21. The molecule has 0 aromatic heterocycles. The highest BCUT2D eigenvalue weighted by molar-refractivity contribution is 5.95. The SMILES string of the molecule is COc1cc(OC)cc(C(=O)NCCN(Cc2ccccc2F)C(C)=O)c1. The summed E-state index contributed by atoms with van der Waals surface area (Å²) in [6, 6.07) is 11.2. The van der Waals surface area contributed by atoms with E-state index >= 15 is 0 Å². The van der Waals surface area contributed by atoms with Gasteiger partial charge in [-0.3, -0.25) is 9.59 Å². The minimum absolute atomic E-state index is 0.144. The number of ether oxygens (including phenoxy) is 2. The number of methoxy groups -OCH3 is 2. The third kappa shape index (κ3) is 5.70. The molecule has 0 bridgehead atoms. The van der Waals surface area contributed by atoms with E-state index in [0.29, 0.717) is 22.6 Å². The molecule has 1 N–H and O–H groups in total. The van der Waals surface area contributed by atoms with Crippen LogP contribution in [0.15, 0.2) is 42.5 Å². The quantitative estimate of drug-likeness (QED) is 0.771. The van der Waals surface area contributed by atoms with Crippen LogP contribution in [0.1, 0.15) is 22.8 Å². The molecule has 6 nitrogen and oxygen atoms in total. The smallest absolute Gasteiger partial charge is 0.251 e. The number of amides is 2. The van der Waals surface area contributed by atoms with E-state index in [1.807, 2.05) is 0 Å². The number of carbonyl (C=O) groups is 2. The third-order valence-electron chi connectivity index (χ3n) is 4.05. The topological polar surface area (TPSA) is 67.9 Å². The van der Waals surface area contributed by atoms with E-state index in [-0.39, 0.29) is 37.3 Å². The second-order valence-electron chi connectivity index (χ2n) is 5.89. The molecule has 2 amide bonds. The number of nitrogens with zero attached hydrogens (tertiary/aromatic N) is 1. The zero-order chi connectivity index (χ0) is 19.8. The van der Waals surface area contributed by atoms with E-state index in [1.54, 1.807) is 36.4 Å². The summed E-state index contributed by atoms with van der Waals surface area (Å²) in [6.45, 7) is 2.04. The number of benzene rings is 2. The van der Waals surface area contributed by atoms with Gasteiger partial charge in [-0.05, 0) is 18.2 Å². The van der Waals surface area contributed by atoms with Gasteiger partial charge in [-0.25, -0.2) is 4.39 Å². The third-order valence-corrected chi connectivity index (χ3v) is 4.05. The molecular formula is C20H23FN2O4. The van der Waals surface area contributed by atoms with Crippen molar-refractivity contribution in [2.75, 3.05) is 27.3 Å². The molecule has 2 rings (SSSR count). The van der Waals surface area contributed by atoms with Crippen LogP contribution < -0.4 is 14.8 Å². The average Bonchev–Trinajstić information content (AvgIpc) is 2.67. The normalized spacial score (nSPS) is 10.2. The molecule has 0 saturated carbocycles. The first kappa shape index (κ1) is 20.2. The van der Waals surface area contributed by atoms with Crippen LogP contribution in [0.4, 0.5) is 4.39 Å². The summed E-state index contributed by atoms with van der Waals surface area (Å²) in [4.78, 5) is 25.7. The van der Waals surface area contributed by atoms with Crippen LogP contribution in [0.25, 0.3) is 0 Å². The molecule has 0 atom stereocenters. The molecule has 27 heavy (non-hydrogen) atoms. The molecule has 144 valence electrons. The van der Waals surface area contributed by atoms with Crippen LogP contribution in [0.5, 0.6) is 11.5 Å². The van der Waals surface area contributed by atoms with Crippen molar-refractivity contribution in [1.82, 2.24) is 10.2 Å². The van der Waals surface area contributed by atoms with E-state index in [2.05, 4.69) is 5.32 Å². The Balaban J connectivity index is 1.97. The van der Waals surface area contributed by atoms with Gasteiger partial charge in [-0.15, -0.1) is 0 Å². The summed E-state index contributed by atoms with van der Waals surface area (Å²) in [7, 11) is 3.01. The second kappa shape index (κ2) is 9.56. The highest BCUT2D eigenvalue weighted by Crippen LogP contribution is 2.22. The second-order valence-corrected chi connectivity index (χ2v) is 5.89. The van der Waals surface area contributed by atoms with Crippen molar-refractivity contribution < 1.29 is 23.5 Å². The van der Waals surface area contributed by atoms with Gasteiger partial charge in [0.15, 0.2) is 0 Å². The average molecular weight is 374 g/mol. The molecule has 7 heteroatoms. The Bertz CT molecular complexity index is 788. The zero-order valence-electron chi connectivity index (χ0n) is 15.6. The van der Waals surface area contributed by atoms with Crippen molar-refractivity contribution in [1.29, 1.82) is 0 Å². The number of nitrogens with one attached hydrogen (secondary N) is 1. The van der Waals surface area contributed by atoms with Gasteiger partial charge >= 0.3 is 0 Å². The summed E-state index contributed by atoms with van der Waals surface area (Å²) < 4.78 is 24.1. The van der Waals surface area contributed by atoms with Crippen LogP contribution in [0, 0.1) is 5.82 Å². The van der Waals surface area contributed by atoms with E-state index < -0.39 is 0 Å². The fourth-order valence-electron chi connectivity index (χ4n) is 2.53. The molecule has 0 radical (unpaired) electrons. The highest BCUT2D eigenvalue weighted by atomic mass is 19.1. The van der Waals surface area contributed by atoms with Crippen molar-refractivity contribution in [3.8, 4) is 11.5 Å². The standard InChI is InChI=1S/C20H23FN2O4/c1-14(24)23(13-15-6-4-5-7-19(15)21)9-8-22-20(25)16-10-17(26-2)12-18(11-16)27-3/h4-7,10-12H,8-9,13H2,1-3H3,(H,22,25). The number of rotatable bonds is 8. The summed E-state index contributed by atoms with van der Waals surface area (Å²) >= 11 is 0. The van der Waals surface area contributed by atoms with Crippen molar-refractivity contribution in [3.63, 3.8) is 0 Å². The van der Waals surface area contributed by atoms with E-state index in [4.69, 9.17) is 9.47 Å². The first-order valence-electron chi connectivity index (χ1n) is 8.44. The van der Waals surface area contributed by atoms with Crippen LogP contribution >= 0.6 is 0 Å². The summed E-state index contributed by atoms with van der Waals surface area (Å²) in [5.74, 6) is 0.127. The largest absolute Gasteiger partial charge is 0.497 e. The molecular weight excluding hydrogens is 351 g/mol. The lowest BCUT2D eigenvalue weighted by molar-refractivity contribution is -0.129. The molecule has 0 saturated heterocycles. The molecule has 0 spiro atoms. The number of halogens is 1. The predicted octanol–water partition coefficient (Wildman–Crippen LogP) is 2.62. The minimum Gasteiger partial charge on any atom is -0.497 e. The maximum absolute atomic E-state index is 13.8. The van der Waals surface area contributed by atoms with Gasteiger partial charge in [0, 0.05) is 43.8 Å². The fraction of sp³-hybridized carbons (Fsp3) is 0.300. The lowest BCUT2D eigenvalue weighted by atomic mass is 10.2. The maximum atomic E-state index is 13.8. The van der Waals surface area contributed by atoms with Gasteiger partial charge in [-0.1, -0.05) is 18.2 Å². The Morgan fingerprint density at radius 2 is 1.70 bits per heavy atom. The Morgan fingerprint density at radius 3 is 2.26 bits per heavy atom. The summed E-state index contributed by atoms with van der Waals surface area (Å²) in [5.41, 5.74) is 0.811. The molecule has 2 aromatic carbocycles. The van der Waals surface area contributed by atoms with Crippen LogP contribution in [0.2, 0.25) is 0 Å². The van der Waals surface area contributed by atoms with Crippen LogP contribution in [-0.2, 0) is 11.3 Å². The van der Waals surface area contributed by atoms with Crippen LogP contribution in [0.3, 0.4) is 0 Å². The first-order chi connectivity index (χ1) is 12.9. The van der Waals surface area contributed by atoms with Gasteiger partial charge in [0.05, 0.1) is 14.2 Å². The molecule has 0 aliphatic carbocycles. The van der Waals surface area contributed by atoms with Gasteiger partial charge in [0.2, 0.25) is 5.91 Å². The van der Waals surface area contributed by atoms with Crippen molar-refractivity contribution >= 4 is 11.8 Å². The predicted molar refractivity (Wildman–Crippen MR) is 99.4 cm³/mol. The number of carbonyl (C=O) groups excluding carboxylic acids is 2. The molecule has 0 aliphatic heterocycles. The highest BCUT2D eigenvalue weighted by Gasteiger charge is 2.14. The van der Waals surface area contributed by atoms with Crippen molar-refractivity contribution in [2.45, 2.75) is 13.5 Å². The summed E-state index contributed by atoms with van der Waals surface area (Å²) in [6.07, 6.45) is 0. The lowest BCUT2D eigenvalue weighted by Crippen LogP contribution is -2.37. The van der Waals surface area contributed by atoms with Crippen LogP contribution in [-0.4, -0.2) is 44.0 Å². The monoisotopic (exact) mass is 374 g/mol. The molecule has 0 unspecified atom stereocenters. The summed E-state index contributed by atoms with van der Waals surface area (Å²) in [5, 5.41) is 2.75.